The van der Waals surface area contributed by atoms with Gasteiger partial charge in [0.25, 0.3) is 0 Å². The molecule has 0 radical (unpaired) electrons. The van der Waals surface area contributed by atoms with Crippen LogP contribution in [0.25, 0.3) is 0 Å². The van der Waals surface area contributed by atoms with Gasteiger partial charge in [-0.15, -0.1) is 0 Å². The number of halogens is 1. The molecule has 1 N–H and O–H groups in total. The summed E-state index contributed by atoms with van der Waals surface area (Å²) < 4.78 is 5.51. The minimum atomic E-state index is 0.0191. The average molecular weight is 292 g/mol. The summed E-state index contributed by atoms with van der Waals surface area (Å²) in [5.74, 6) is 1.51. The predicted molar refractivity (Wildman–Crippen MR) is 78.0 cm³/mol. The first-order chi connectivity index (χ1) is 9.72. The molecule has 0 bridgehead atoms. The van der Waals surface area contributed by atoms with E-state index >= 15 is 0 Å². The highest BCUT2D eigenvalue weighted by molar-refractivity contribution is 6.30. The largest absolute Gasteiger partial charge is 0.339 e. The monoisotopic (exact) mass is 291 g/mol. The molecule has 1 aromatic heterocycles. The van der Waals surface area contributed by atoms with Crippen LogP contribution in [0.15, 0.2) is 28.8 Å². The van der Waals surface area contributed by atoms with E-state index in [1.54, 1.807) is 0 Å². The molecule has 3 rings (SSSR count). The second-order valence-electron chi connectivity index (χ2n) is 5.38. The third-order valence-electron chi connectivity index (χ3n) is 4.12. The molecule has 0 aliphatic carbocycles. The van der Waals surface area contributed by atoms with Crippen molar-refractivity contribution in [1.29, 1.82) is 0 Å². The minimum Gasteiger partial charge on any atom is -0.339 e. The van der Waals surface area contributed by atoms with Gasteiger partial charge >= 0.3 is 0 Å². The molecule has 1 atom stereocenters. The summed E-state index contributed by atoms with van der Waals surface area (Å²) in [6.45, 7) is 4.12. The van der Waals surface area contributed by atoms with Gasteiger partial charge in [-0.05, 0) is 37.1 Å². The van der Waals surface area contributed by atoms with Crippen molar-refractivity contribution >= 4 is 11.6 Å². The van der Waals surface area contributed by atoms with Crippen molar-refractivity contribution in [2.24, 2.45) is 0 Å². The molecule has 1 aliphatic heterocycles. The van der Waals surface area contributed by atoms with Gasteiger partial charge in [0.15, 0.2) is 5.82 Å². The molecule has 1 aliphatic rings. The van der Waals surface area contributed by atoms with Crippen molar-refractivity contribution in [3.63, 3.8) is 0 Å². The minimum absolute atomic E-state index is 0.0191. The number of benzene rings is 1. The van der Waals surface area contributed by atoms with Gasteiger partial charge in [0.2, 0.25) is 5.89 Å². The smallest absolute Gasteiger partial charge is 0.234 e. The van der Waals surface area contributed by atoms with Crippen molar-refractivity contribution in [3.05, 3.63) is 46.6 Å². The van der Waals surface area contributed by atoms with Gasteiger partial charge in [0.1, 0.15) is 0 Å². The van der Waals surface area contributed by atoms with Crippen LogP contribution in [0.1, 0.15) is 37.0 Å². The van der Waals surface area contributed by atoms with Crippen LogP contribution < -0.4 is 5.32 Å². The second kappa shape index (κ2) is 5.54. The third kappa shape index (κ3) is 2.58. The average Bonchev–Trinajstić information content (AvgIpc) is 3.11. The molecule has 2 aromatic rings. The van der Waals surface area contributed by atoms with E-state index < -0.39 is 0 Å². The predicted octanol–water partition coefficient (Wildman–Crippen LogP) is 2.95. The number of hydrogen-bond acceptors (Lipinski definition) is 4. The van der Waals surface area contributed by atoms with Crippen molar-refractivity contribution in [2.45, 2.75) is 31.6 Å². The van der Waals surface area contributed by atoms with Gasteiger partial charge in [0.05, 0.1) is 5.41 Å². The fraction of sp³-hybridized carbons (Fsp3) is 0.467. The van der Waals surface area contributed by atoms with Gasteiger partial charge in [-0.2, -0.15) is 4.98 Å². The third-order valence-corrected chi connectivity index (χ3v) is 4.37. The molecule has 20 heavy (non-hydrogen) atoms. The number of aromatic nitrogens is 2. The quantitative estimate of drug-likeness (QED) is 0.941. The fourth-order valence-corrected chi connectivity index (χ4v) is 2.83. The van der Waals surface area contributed by atoms with Crippen LogP contribution in [0.5, 0.6) is 0 Å². The van der Waals surface area contributed by atoms with E-state index in [9.17, 15) is 0 Å². The SMILES string of the molecule is CCC1(c2nc(Cc3ccc(Cl)cc3)no2)CCNC1. The Morgan fingerprint density at radius 3 is 2.80 bits per heavy atom. The van der Waals surface area contributed by atoms with Gasteiger partial charge < -0.3 is 9.84 Å². The normalized spacial score (nSPS) is 22.3. The number of hydrogen-bond donors (Lipinski definition) is 1. The Balaban J connectivity index is 1.78. The zero-order valence-electron chi connectivity index (χ0n) is 11.5. The van der Waals surface area contributed by atoms with Crippen molar-refractivity contribution < 1.29 is 4.52 Å². The highest BCUT2D eigenvalue weighted by atomic mass is 35.5. The van der Waals surface area contributed by atoms with Gasteiger partial charge in [0, 0.05) is 18.0 Å². The van der Waals surface area contributed by atoms with Gasteiger partial charge in [-0.1, -0.05) is 35.8 Å². The molecular formula is C15H18ClN3O. The summed E-state index contributed by atoms with van der Waals surface area (Å²) in [4.78, 5) is 4.60. The van der Waals surface area contributed by atoms with Crippen LogP contribution in [-0.4, -0.2) is 23.2 Å². The van der Waals surface area contributed by atoms with Crippen LogP contribution in [0.3, 0.4) is 0 Å². The van der Waals surface area contributed by atoms with Crippen LogP contribution in [-0.2, 0) is 11.8 Å². The molecule has 4 nitrogen and oxygen atoms in total. The summed E-state index contributed by atoms with van der Waals surface area (Å²) in [6.07, 6.45) is 2.75. The molecule has 0 saturated carbocycles. The second-order valence-corrected chi connectivity index (χ2v) is 5.82. The Bertz CT molecular complexity index is 573. The van der Waals surface area contributed by atoms with E-state index in [1.807, 2.05) is 24.3 Å². The lowest BCUT2D eigenvalue weighted by molar-refractivity contribution is 0.283. The molecule has 1 aromatic carbocycles. The molecule has 2 heterocycles. The summed E-state index contributed by atoms with van der Waals surface area (Å²) in [6, 6.07) is 7.74. The Hall–Kier alpha value is -1.39. The van der Waals surface area contributed by atoms with Crippen LogP contribution >= 0.6 is 11.6 Å². The molecule has 1 unspecified atom stereocenters. The topological polar surface area (TPSA) is 51.0 Å². The molecule has 106 valence electrons. The van der Waals surface area contributed by atoms with Crippen LogP contribution in [0.4, 0.5) is 0 Å². The molecule has 1 fully saturated rings. The zero-order valence-corrected chi connectivity index (χ0v) is 12.3. The zero-order chi connectivity index (χ0) is 14.0. The maximum Gasteiger partial charge on any atom is 0.234 e. The first-order valence-corrected chi connectivity index (χ1v) is 7.38. The molecule has 5 heteroatoms. The number of rotatable bonds is 4. The summed E-state index contributed by atoms with van der Waals surface area (Å²) in [5, 5.41) is 8.25. The maximum absolute atomic E-state index is 5.89. The Labute approximate surface area is 123 Å². The summed E-state index contributed by atoms with van der Waals surface area (Å²) in [7, 11) is 0. The highest BCUT2D eigenvalue weighted by Gasteiger charge is 2.39. The highest BCUT2D eigenvalue weighted by Crippen LogP contribution is 2.32. The van der Waals surface area contributed by atoms with Crippen LogP contribution in [0, 0.1) is 0 Å². The summed E-state index contributed by atoms with van der Waals surface area (Å²) in [5.41, 5.74) is 1.16. The lowest BCUT2D eigenvalue weighted by atomic mass is 9.84. The number of nitrogens with one attached hydrogen (secondary N) is 1. The lowest BCUT2D eigenvalue weighted by Gasteiger charge is -2.20. The Morgan fingerprint density at radius 1 is 1.35 bits per heavy atom. The molecule has 0 amide bonds. The lowest BCUT2D eigenvalue weighted by Crippen LogP contribution is -2.28. The van der Waals surface area contributed by atoms with Gasteiger partial charge in [-0.25, -0.2) is 0 Å². The number of nitrogens with zero attached hydrogens (tertiary/aromatic N) is 2. The maximum atomic E-state index is 5.89. The molecule has 1 saturated heterocycles. The van der Waals surface area contributed by atoms with Crippen molar-refractivity contribution in [2.75, 3.05) is 13.1 Å². The van der Waals surface area contributed by atoms with E-state index in [0.717, 1.165) is 48.2 Å². The van der Waals surface area contributed by atoms with Crippen molar-refractivity contribution in [1.82, 2.24) is 15.5 Å². The first kappa shape index (κ1) is 13.6. The van der Waals surface area contributed by atoms with E-state index in [2.05, 4.69) is 22.4 Å². The fourth-order valence-electron chi connectivity index (χ4n) is 2.71. The molecular weight excluding hydrogens is 274 g/mol. The Kier molecular flexibility index (Phi) is 3.76. The van der Waals surface area contributed by atoms with Gasteiger partial charge in [-0.3, -0.25) is 0 Å². The van der Waals surface area contributed by atoms with E-state index in [-0.39, 0.29) is 5.41 Å². The van der Waals surface area contributed by atoms with E-state index in [1.165, 1.54) is 0 Å². The first-order valence-electron chi connectivity index (χ1n) is 7.00. The Morgan fingerprint density at radius 2 is 2.15 bits per heavy atom. The standard InChI is InChI=1S/C15H18ClN3O/c1-2-15(7-8-17-10-15)14-18-13(19-20-14)9-11-3-5-12(16)6-4-11/h3-6,17H,2,7-10H2,1H3. The van der Waals surface area contributed by atoms with Crippen LogP contribution in [0.2, 0.25) is 5.02 Å². The van der Waals surface area contributed by atoms with E-state index in [4.69, 9.17) is 16.1 Å². The van der Waals surface area contributed by atoms with E-state index in [0.29, 0.717) is 6.42 Å². The summed E-state index contributed by atoms with van der Waals surface area (Å²) >= 11 is 5.89. The van der Waals surface area contributed by atoms with Crippen molar-refractivity contribution in [3.8, 4) is 0 Å². The molecule has 0 spiro atoms.